The van der Waals surface area contributed by atoms with E-state index in [0.29, 0.717) is 5.95 Å². The zero-order chi connectivity index (χ0) is 20.5. The van der Waals surface area contributed by atoms with Crippen LogP contribution in [0.3, 0.4) is 0 Å². The Morgan fingerprint density at radius 2 is 1.77 bits per heavy atom. The van der Waals surface area contributed by atoms with Gasteiger partial charge < -0.3 is 10.2 Å². The maximum Gasteiger partial charge on any atom is 0.223 e. The van der Waals surface area contributed by atoms with E-state index >= 15 is 0 Å². The molecule has 1 aliphatic rings. The summed E-state index contributed by atoms with van der Waals surface area (Å²) in [5.74, 6) is 0.631. The monoisotopic (exact) mass is 398 g/mol. The first-order chi connectivity index (χ1) is 14.7. The van der Waals surface area contributed by atoms with Crippen molar-refractivity contribution in [1.82, 2.24) is 19.4 Å². The Bertz CT molecular complexity index is 1160. The molecule has 0 bridgehead atoms. The van der Waals surface area contributed by atoms with E-state index in [1.54, 1.807) is 0 Å². The highest BCUT2D eigenvalue weighted by Gasteiger charge is 2.22. The quantitative estimate of drug-likeness (QED) is 0.520. The second-order valence-corrected chi connectivity index (χ2v) is 7.93. The first kappa shape index (κ1) is 18.6. The highest BCUT2D eigenvalue weighted by Crippen LogP contribution is 2.33. The van der Waals surface area contributed by atoms with Gasteiger partial charge in [0.25, 0.3) is 0 Å². The predicted octanol–water partition coefficient (Wildman–Crippen LogP) is 4.87. The largest absolute Gasteiger partial charge is 0.368 e. The van der Waals surface area contributed by atoms with Gasteiger partial charge in [0.1, 0.15) is 11.3 Å². The third-order valence-electron chi connectivity index (χ3n) is 5.83. The van der Waals surface area contributed by atoms with Crippen molar-refractivity contribution in [3.63, 3.8) is 0 Å². The van der Waals surface area contributed by atoms with Gasteiger partial charge in [-0.25, -0.2) is 15.0 Å². The minimum absolute atomic E-state index is 0.112. The summed E-state index contributed by atoms with van der Waals surface area (Å²) in [7, 11) is 0. The van der Waals surface area contributed by atoms with E-state index in [1.165, 1.54) is 18.4 Å². The molecule has 6 heteroatoms. The summed E-state index contributed by atoms with van der Waals surface area (Å²) in [4.78, 5) is 16.7. The van der Waals surface area contributed by atoms with E-state index in [9.17, 15) is 0 Å². The van der Waals surface area contributed by atoms with Crippen LogP contribution >= 0.6 is 0 Å². The molecule has 1 aliphatic heterocycles. The summed E-state index contributed by atoms with van der Waals surface area (Å²) in [5, 5.41) is 3.47. The molecule has 0 spiro atoms. The average molecular weight is 399 g/mol. The number of pyridine rings is 1. The lowest BCUT2D eigenvalue weighted by Gasteiger charge is -2.21. The Morgan fingerprint density at radius 3 is 2.57 bits per heavy atom. The molecule has 4 heterocycles. The lowest BCUT2D eigenvalue weighted by atomic mass is 10.1. The lowest BCUT2D eigenvalue weighted by Crippen LogP contribution is -2.20. The third-order valence-corrected chi connectivity index (χ3v) is 5.83. The average Bonchev–Trinajstić information content (AvgIpc) is 3.45. The summed E-state index contributed by atoms with van der Waals surface area (Å²) < 4.78 is 2.13. The van der Waals surface area contributed by atoms with Gasteiger partial charge in [-0.05, 0) is 43.9 Å². The van der Waals surface area contributed by atoms with Gasteiger partial charge in [0.2, 0.25) is 5.95 Å². The zero-order valence-electron chi connectivity index (χ0n) is 17.4. The summed E-state index contributed by atoms with van der Waals surface area (Å²) in [5.41, 5.74) is 6.31. The molecule has 3 aromatic heterocycles. The predicted molar refractivity (Wildman–Crippen MR) is 121 cm³/mol. The van der Waals surface area contributed by atoms with E-state index in [4.69, 9.17) is 4.98 Å². The fourth-order valence-corrected chi connectivity index (χ4v) is 4.17. The van der Waals surface area contributed by atoms with Crippen LogP contribution in [0.15, 0.2) is 61.1 Å². The van der Waals surface area contributed by atoms with Crippen LogP contribution in [-0.4, -0.2) is 32.4 Å². The Hall–Kier alpha value is -3.41. The maximum atomic E-state index is 4.98. The number of anilines is 2. The first-order valence-corrected chi connectivity index (χ1v) is 10.6. The Balaban J connectivity index is 1.58. The minimum Gasteiger partial charge on any atom is -0.368 e. The molecular weight excluding hydrogens is 372 g/mol. The van der Waals surface area contributed by atoms with Gasteiger partial charge in [-0.1, -0.05) is 36.4 Å². The second-order valence-electron chi connectivity index (χ2n) is 7.93. The molecule has 0 unspecified atom stereocenters. The standard InChI is InChI=1S/C24H26N6/c1-17-9-8-14-30-21(16-25-23(17)30)22-20(29-12-6-7-13-29)15-26-24(28-22)27-18(2)19-10-4-3-5-11-19/h3-5,8-11,14-16,18H,6-7,12-13H2,1-2H3,(H,26,27,28)/t18-/m0/s1. The molecule has 4 aromatic rings. The first-order valence-electron chi connectivity index (χ1n) is 10.6. The summed E-state index contributed by atoms with van der Waals surface area (Å²) in [6, 6.07) is 14.6. The van der Waals surface area contributed by atoms with Gasteiger partial charge >= 0.3 is 0 Å². The number of fused-ring (bicyclic) bond motifs is 1. The smallest absolute Gasteiger partial charge is 0.223 e. The van der Waals surface area contributed by atoms with Crippen LogP contribution < -0.4 is 10.2 Å². The molecule has 0 amide bonds. The topological polar surface area (TPSA) is 58.4 Å². The van der Waals surface area contributed by atoms with Crippen LogP contribution in [0.2, 0.25) is 0 Å². The van der Waals surface area contributed by atoms with Gasteiger partial charge in [0.15, 0.2) is 0 Å². The van der Waals surface area contributed by atoms with Gasteiger partial charge in [0, 0.05) is 19.3 Å². The molecule has 30 heavy (non-hydrogen) atoms. The van der Waals surface area contributed by atoms with Crippen molar-refractivity contribution in [1.29, 1.82) is 0 Å². The second kappa shape index (κ2) is 7.78. The molecule has 152 valence electrons. The molecule has 1 fully saturated rings. The van der Waals surface area contributed by atoms with Crippen LogP contribution in [-0.2, 0) is 0 Å². The normalized spacial score (nSPS) is 14.9. The van der Waals surface area contributed by atoms with E-state index in [2.05, 4.69) is 81.0 Å². The molecule has 6 nitrogen and oxygen atoms in total. The number of nitrogens with zero attached hydrogens (tertiary/aromatic N) is 5. The Morgan fingerprint density at radius 1 is 0.967 bits per heavy atom. The van der Waals surface area contributed by atoms with Crippen LogP contribution in [0, 0.1) is 6.92 Å². The number of imidazole rings is 1. The van der Waals surface area contributed by atoms with Crippen molar-refractivity contribution in [3.05, 3.63) is 72.2 Å². The van der Waals surface area contributed by atoms with Gasteiger partial charge in [-0.3, -0.25) is 4.40 Å². The van der Waals surface area contributed by atoms with E-state index in [-0.39, 0.29) is 6.04 Å². The number of nitrogens with one attached hydrogen (secondary N) is 1. The molecule has 0 aliphatic carbocycles. The van der Waals surface area contributed by atoms with Gasteiger partial charge in [-0.2, -0.15) is 0 Å². The number of aromatic nitrogens is 4. The number of aryl methyl sites for hydroxylation is 1. The van der Waals surface area contributed by atoms with Crippen molar-refractivity contribution in [2.45, 2.75) is 32.7 Å². The lowest BCUT2D eigenvalue weighted by molar-refractivity contribution is 0.857. The number of hydrogen-bond donors (Lipinski definition) is 1. The molecular formula is C24H26N6. The van der Waals surface area contributed by atoms with Crippen molar-refractivity contribution < 1.29 is 0 Å². The third kappa shape index (κ3) is 3.38. The Kier molecular flexibility index (Phi) is 4.83. The van der Waals surface area contributed by atoms with Crippen molar-refractivity contribution >= 4 is 17.3 Å². The zero-order valence-corrected chi connectivity index (χ0v) is 17.4. The SMILES string of the molecule is Cc1cccn2c(-c3nc(N[C@@H](C)c4ccccc4)ncc3N3CCCC3)cnc12. The molecule has 0 saturated carbocycles. The van der Waals surface area contributed by atoms with Crippen LogP contribution in [0.5, 0.6) is 0 Å². The summed E-state index contributed by atoms with van der Waals surface area (Å²) in [6.07, 6.45) is 8.35. The number of rotatable bonds is 5. The van der Waals surface area contributed by atoms with Crippen LogP contribution in [0.4, 0.5) is 11.6 Å². The number of benzene rings is 1. The summed E-state index contributed by atoms with van der Waals surface area (Å²) in [6.45, 7) is 6.30. The molecule has 1 saturated heterocycles. The van der Waals surface area contributed by atoms with Crippen molar-refractivity contribution in [2.75, 3.05) is 23.3 Å². The van der Waals surface area contributed by atoms with Crippen molar-refractivity contribution in [3.8, 4) is 11.4 Å². The highest BCUT2D eigenvalue weighted by molar-refractivity contribution is 5.75. The molecule has 1 aromatic carbocycles. The van der Waals surface area contributed by atoms with E-state index in [0.717, 1.165) is 41.4 Å². The van der Waals surface area contributed by atoms with Gasteiger partial charge in [0.05, 0.1) is 29.8 Å². The highest BCUT2D eigenvalue weighted by atomic mass is 15.2. The van der Waals surface area contributed by atoms with Crippen LogP contribution in [0.25, 0.3) is 17.0 Å². The van der Waals surface area contributed by atoms with Crippen LogP contribution in [0.1, 0.15) is 36.9 Å². The molecule has 1 N–H and O–H groups in total. The number of hydrogen-bond acceptors (Lipinski definition) is 5. The molecule has 1 atom stereocenters. The van der Waals surface area contributed by atoms with E-state index in [1.807, 2.05) is 18.5 Å². The molecule has 5 rings (SSSR count). The fourth-order valence-electron chi connectivity index (χ4n) is 4.17. The maximum absolute atomic E-state index is 4.98. The van der Waals surface area contributed by atoms with Crippen molar-refractivity contribution in [2.24, 2.45) is 0 Å². The summed E-state index contributed by atoms with van der Waals surface area (Å²) >= 11 is 0. The fraction of sp³-hybridized carbons (Fsp3) is 0.292. The minimum atomic E-state index is 0.112. The molecule has 0 radical (unpaired) electrons. The van der Waals surface area contributed by atoms with Gasteiger partial charge in [-0.15, -0.1) is 0 Å². The Labute approximate surface area is 176 Å². The van der Waals surface area contributed by atoms with E-state index < -0.39 is 0 Å².